The molecule has 2 aromatic rings. The van der Waals surface area contributed by atoms with Crippen molar-refractivity contribution in [3.05, 3.63) is 46.8 Å². The van der Waals surface area contributed by atoms with Gasteiger partial charge in [0, 0.05) is 20.1 Å². The van der Waals surface area contributed by atoms with Gasteiger partial charge in [0.05, 0.1) is 6.54 Å². The van der Waals surface area contributed by atoms with Crippen molar-refractivity contribution < 1.29 is 17.7 Å². The molecule has 1 aromatic heterocycles. The van der Waals surface area contributed by atoms with Crippen molar-refractivity contribution in [2.75, 3.05) is 20.1 Å². The lowest BCUT2D eigenvalue weighted by Crippen LogP contribution is -2.43. The number of carbonyl (C=O) groups excluding carboxylic acids is 1. The lowest BCUT2D eigenvalue weighted by atomic mass is 10.00. The van der Waals surface area contributed by atoms with Crippen molar-refractivity contribution in [1.82, 2.24) is 14.4 Å². The largest absolute Gasteiger partial charge is 0.360 e. The molecule has 1 amide bonds. The number of rotatable bonds is 4. The van der Waals surface area contributed by atoms with Gasteiger partial charge in [-0.15, -0.1) is 0 Å². The first-order chi connectivity index (χ1) is 11.8. The van der Waals surface area contributed by atoms with Crippen LogP contribution in [0.3, 0.4) is 0 Å². The number of amides is 1. The standard InChI is InChI=1S/C17H21N3O4S/c1-12-17(13(2)24-18-12)25(22,23)19(3)11-16(21)20-9-8-14-6-4-5-7-15(14)10-20/h4-7H,8-11H2,1-3H3. The maximum Gasteiger partial charge on any atom is 0.248 e. The predicted molar refractivity (Wildman–Crippen MR) is 91.4 cm³/mol. The number of hydrogen-bond acceptors (Lipinski definition) is 5. The van der Waals surface area contributed by atoms with E-state index in [4.69, 9.17) is 4.52 Å². The Balaban J connectivity index is 1.73. The second kappa shape index (κ2) is 6.61. The average Bonchev–Trinajstić information content (AvgIpc) is 2.93. The molecule has 0 N–H and O–H groups in total. The van der Waals surface area contributed by atoms with Crippen LogP contribution in [-0.4, -0.2) is 48.8 Å². The molecule has 0 bridgehead atoms. The molecule has 3 rings (SSSR count). The molecule has 0 radical (unpaired) electrons. The van der Waals surface area contributed by atoms with Crippen molar-refractivity contribution in [2.24, 2.45) is 0 Å². The Hall–Kier alpha value is -2.19. The second-order valence-corrected chi connectivity index (χ2v) is 8.23. The van der Waals surface area contributed by atoms with Crippen LogP contribution < -0.4 is 0 Å². The van der Waals surface area contributed by atoms with Gasteiger partial charge in [-0.25, -0.2) is 8.42 Å². The van der Waals surface area contributed by atoms with Crippen molar-refractivity contribution in [3.8, 4) is 0 Å². The molecule has 7 nitrogen and oxygen atoms in total. The van der Waals surface area contributed by atoms with E-state index >= 15 is 0 Å². The molecule has 2 heterocycles. The molecule has 0 saturated heterocycles. The third kappa shape index (κ3) is 3.32. The summed E-state index contributed by atoms with van der Waals surface area (Å²) in [5, 5.41) is 3.68. The molecule has 8 heteroatoms. The summed E-state index contributed by atoms with van der Waals surface area (Å²) in [6, 6.07) is 7.99. The van der Waals surface area contributed by atoms with Gasteiger partial charge in [0.2, 0.25) is 15.9 Å². The van der Waals surface area contributed by atoms with Crippen molar-refractivity contribution in [2.45, 2.75) is 31.7 Å². The summed E-state index contributed by atoms with van der Waals surface area (Å²) in [5.74, 6) is 0.0102. The molecule has 25 heavy (non-hydrogen) atoms. The number of sulfonamides is 1. The SMILES string of the molecule is Cc1noc(C)c1S(=O)(=O)N(C)CC(=O)N1CCc2ccccc2C1. The van der Waals surface area contributed by atoms with Crippen LogP contribution >= 0.6 is 0 Å². The van der Waals surface area contributed by atoms with Gasteiger partial charge in [-0.1, -0.05) is 29.4 Å². The zero-order chi connectivity index (χ0) is 18.2. The Labute approximate surface area is 147 Å². The highest BCUT2D eigenvalue weighted by atomic mass is 32.2. The normalized spacial score (nSPS) is 14.6. The Kier molecular flexibility index (Phi) is 4.66. The number of hydrogen-bond donors (Lipinski definition) is 0. The van der Waals surface area contributed by atoms with E-state index in [1.807, 2.05) is 18.2 Å². The first-order valence-electron chi connectivity index (χ1n) is 8.04. The summed E-state index contributed by atoms with van der Waals surface area (Å²) in [6.07, 6.45) is 0.780. The molecular formula is C17H21N3O4S. The molecule has 0 aliphatic carbocycles. The van der Waals surface area contributed by atoms with Crippen LogP contribution in [0, 0.1) is 13.8 Å². The Morgan fingerprint density at radius 1 is 1.28 bits per heavy atom. The number of likely N-dealkylation sites (N-methyl/N-ethyl adjacent to an activating group) is 1. The van der Waals surface area contributed by atoms with Gasteiger partial charge in [0.25, 0.3) is 0 Å². The maximum atomic E-state index is 12.7. The fourth-order valence-electron chi connectivity index (χ4n) is 3.08. The molecule has 1 aromatic carbocycles. The number of nitrogens with zero attached hydrogens (tertiary/aromatic N) is 3. The average molecular weight is 363 g/mol. The number of benzene rings is 1. The monoisotopic (exact) mass is 363 g/mol. The predicted octanol–water partition coefficient (Wildman–Crippen LogP) is 1.50. The second-order valence-electron chi connectivity index (χ2n) is 6.25. The molecule has 1 aliphatic rings. The van der Waals surface area contributed by atoms with Crippen molar-refractivity contribution in [1.29, 1.82) is 0 Å². The first kappa shape index (κ1) is 17.6. The fourth-order valence-corrected chi connectivity index (χ4v) is 4.49. The molecule has 134 valence electrons. The van der Waals surface area contributed by atoms with E-state index in [0.717, 1.165) is 16.3 Å². The molecule has 1 aliphatic heterocycles. The molecule has 0 unspecified atom stereocenters. The van der Waals surface area contributed by atoms with Gasteiger partial charge in [-0.3, -0.25) is 4.79 Å². The van der Waals surface area contributed by atoms with Gasteiger partial charge in [-0.05, 0) is 31.4 Å². The fraction of sp³-hybridized carbons (Fsp3) is 0.412. The van der Waals surface area contributed by atoms with Crippen LogP contribution in [0.5, 0.6) is 0 Å². The van der Waals surface area contributed by atoms with E-state index in [0.29, 0.717) is 18.8 Å². The molecule has 0 fully saturated rings. The van der Waals surface area contributed by atoms with Crippen LogP contribution in [0.4, 0.5) is 0 Å². The molecule has 0 saturated carbocycles. The lowest BCUT2D eigenvalue weighted by molar-refractivity contribution is -0.132. The third-order valence-electron chi connectivity index (χ3n) is 4.48. The van der Waals surface area contributed by atoms with E-state index in [2.05, 4.69) is 11.2 Å². The number of aryl methyl sites for hydroxylation is 2. The molecule has 0 atom stereocenters. The minimum atomic E-state index is -3.82. The number of carbonyl (C=O) groups is 1. The highest BCUT2D eigenvalue weighted by Crippen LogP contribution is 2.23. The minimum absolute atomic E-state index is 0.0341. The smallest absolute Gasteiger partial charge is 0.248 e. The van der Waals surface area contributed by atoms with Crippen LogP contribution in [0.1, 0.15) is 22.6 Å². The topological polar surface area (TPSA) is 83.7 Å². The molecular weight excluding hydrogens is 342 g/mol. The van der Waals surface area contributed by atoms with Gasteiger partial charge in [0.15, 0.2) is 5.76 Å². The summed E-state index contributed by atoms with van der Waals surface area (Å²) in [5.41, 5.74) is 2.64. The summed E-state index contributed by atoms with van der Waals surface area (Å²) in [6.45, 7) is 4.00. The minimum Gasteiger partial charge on any atom is -0.360 e. The van der Waals surface area contributed by atoms with Gasteiger partial charge < -0.3 is 9.42 Å². The van der Waals surface area contributed by atoms with Crippen LogP contribution in [-0.2, 0) is 27.8 Å². The zero-order valence-electron chi connectivity index (χ0n) is 14.5. The zero-order valence-corrected chi connectivity index (χ0v) is 15.3. The Morgan fingerprint density at radius 3 is 2.60 bits per heavy atom. The van der Waals surface area contributed by atoms with Gasteiger partial charge >= 0.3 is 0 Å². The van der Waals surface area contributed by atoms with Crippen LogP contribution in [0.2, 0.25) is 0 Å². The summed E-state index contributed by atoms with van der Waals surface area (Å²) in [7, 11) is -2.42. The quantitative estimate of drug-likeness (QED) is 0.822. The van der Waals surface area contributed by atoms with Crippen LogP contribution in [0.15, 0.2) is 33.7 Å². The number of aromatic nitrogens is 1. The third-order valence-corrected chi connectivity index (χ3v) is 6.53. The number of fused-ring (bicyclic) bond motifs is 1. The molecule has 0 spiro atoms. The van der Waals surface area contributed by atoms with Crippen molar-refractivity contribution >= 4 is 15.9 Å². The maximum absolute atomic E-state index is 12.7. The van der Waals surface area contributed by atoms with Crippen LogP contribution in [0.25, 0.3) is 0 Å². The summed E-state index contributed by atoms with van der Waals surface area (Å²) >= 11 is 0. The lowest BCUT2D eigenvalue weighted by Gasteiger charge is -2.30. The Morgan fingerprint density at radius 2 is 1.96 bits per heavy atom. The van der Waals surface area contributed by atoms with Crippen molar-refractivity contribution in [3.63, 3.8) is 0 Å². The van der Waals surface area contributed by atoms with E-state index < -0.39 is 10.0 Å². The Bertz CT molecular complexity index is 885. The summed E-state index contributed by atoms with van der Waals surface area (Å²) < 4.78 is 31.4. The van der Waals surface area contributed by atoms with E-state index in [1.54, 1.807) is 18.7 Å². The highest BCUT2D eigenvalue weighted by Gasteiger charge is 2.31. The van der Waals surface area contributed by atoms with E-state index in [-0.39, 0.29) is 23.1 Å². The highest BCUT2D eigenvalue weighted by molar-refractivity contribution is 7.89. The van der Waals surface area contributed by atoms with E-state index in [9.17, 15) is 13.2 Å². The van der Waals surface area contributed by atoms with Gasteiger partial charge in [0.1, 0.15) is 10.6 Å². The summed E-state index contributed by atoms with van der Waals surface area (Å²) in [4.78, 5) is 14.3. The van der Waals surface area contributed by atoms with E-state index in [1.165, 1.54) is 12.6 Å². The first-order valence-corrected chi connectivity index (χ1v) is 9.48. The van der Waals surface area contributed by atoms with Gasteiger partial charge in [-0.2, -0.15) is 4.31 Å².